The van der Waals surface area contributed by atoms with E-state index in [0.717, 1.165) is 40.8 Å². The van der Waals surface area contributed by atoms with Crippen LogP contribution in [0.4, 0.5) is 10.3 Å². The van der Waals surface area contributed by atoms with Crippen LogP contribution in [-0.2, 0) is 31.9 Å². The Hall–Kier alpha value is -2.18. The van der Waals surface area contributed by atoms with E-state index in [4.69, 9.17) is 9.47 Å². The summed E-state index contributed by atoms with van der Waals surface area (Å²) in [5.74, 6) is -1.89. The Morgan fingerprint density at radius 3 is 2.21 bits per heavy atom. The van der Waals surface area contributed by atoms with Gasteiger partial charge in [-0.25, -0.2) is 4.79 Å². The van der Waals surface area contributed by atoms with Crippen molar-refractivity contribution in [3.63, 3.8) is 0 Å². The summed E-state index contributed by atoms with van der Waals surface area (Å²) in [6, 6.07) is 0. The normalized spacial score (nSPS) is 18.1. The molecule has 2 N–H and O–H groups in total. The highest BCUT2D eigenvalue weighted by atomic mass is 32.1. The van der Waals surface area contributed by atoms with Gasteiger partial charge in [0.05, 0.1) is 6.42 Å². The van der Waals surface area contributed by atoms with Crippen molar-refractivity contribution in [1.82, 2.24) is 20.4 Å². The van der Waals surface area contributed by atoms with E-state index >= 15 is 0 Å². The molecule has 0 bridgehead atoms. The quantitative estimate of drug-likeness (QED) is 0.457. The van der Waals surface area contributed by atoms with Gasteiger partial charge < -0.3 is 20.1 Å². The monoisotopic (exact) mass is 426 g/mol. The minimum Gasteiger partial charge on any atom is -0.432 e. The number of aromatic nitrogens is 4. The Morgan fingerprint density at radius 1 is 1.07 bits per heavy atom. The fourth-order valence-corrected chi connectivity index (χ4v) is 4.13. The Bertz CT molecular complexity index is 837. The van der Waals surface area contributed by atoms with Gasteiger partial charge in [-0.1, -0.05) is 22.7 Å². The molecule has 1 aliphatic heterocycles. The highest BCUT2D eigenvalue weighted by Crippen LogP contribution is 2.26. The molecule has 0 spiro atoms. The predicted octanol–water partition coefficient (Wildman–Crippen LogP) is 2.00. The largest absolute Gasteiger partial charge is 0.432 e. The lowest BCUT2D eigenvalue weighted by Gasteiger charge is -2.14. The highest BCUT2D eigenvalue weighted by molar-refractivity contribution is 7.15. The first-order chi connectivity index (χ1) is 13.3. The van der Waals surface area contributed by atoms with Crippen LogP contribution in [0.25, 0.3) is 0 Å². The number of nitrogens with zero attached hydrogens (tertiary/aromatic N) is 4. The molecule has 3 rings (SSSR count). The fourth-order valence-electron chi connectivity index (χ4n) is 2.60. The lowest BCUT2D eigenvalue weighted by atomic mass is 10.2. The van der Waals surface area contributed by atoms with Crippen LogP contribution in [0.3, 0.4) is 0 Å². The first kappa shape index (κ1) is 20.6. The van der Waals surface area contributed by atoms with Gasteiger partial charge in [-0.15, -0.1) is 20.4 Å². The third-order valence-electron chi connectivity index (χ3n) is 3.83. The number of ether oxygens (including phenoxy) is 2. The maximum atomic E-state index is 12.1. The van der Waals surface area contributed by atoms with Gasteiger partial charge in [0.1, 0.15) is 10.0 Å². The molecule has 0 aromatic carbocycles. The average Bonchev–Trinajstić information content (AvgIpc) is 3.31. The van der Waals surface area contributed by atoms with Gasteiger partial charge in [-0.05, 0) is 12.8 Å². The summed E-state index contributed by atoms with van der Waals surface area (Å²) in [6.07, 6.45) is 2.54. The van der Waals surface area contributed by atoms with Crippen molar-refractivity contribution in [3.05, 3.63) is 10.0 Å². The van der Waals surface area contributed by atoms with Crippen molar-refractivity contribution < 1.29 is 19.1 Å². The van der Waals surface area contributed by atoms with Gasteiger partial charge in [-0.3, -0.25) is 4.79 Å². The van der Waals surface area contributed by atoms with E-state index < -0.39 is 17.9 Å². The van der Waals surface area contributed by atoms with Crippen molar-refractivity contribution in [1.29, 1.82) is 0 Å². The molecule has 1 fully saturated rings. The summed E-state index contributed by atoms with van der Waals surface area (Å²) in [5.41, 5.74) is 0. The van der Waals surface area contributed by atoms with Gasteiger partial charge in [0.2, 0.25) is 22.0 Å². The van der Waals surface area contributed by atoms with E-state index in [-0.39, 0.29) is 12.3 Å². The highest BCUT2D eigenvalue weighted by Gasteiger charge is 2.42. The molecule has 152 valence electrons. The maximum absolute atomic E-state index is 12.1. The fraction of sp³-hybridized carbons (Fsp3) is 0.625. The summed E-state index contributed by atoms with van der Waals surface area (Å²) in [7, 11) is 1.82. The molecule has 0 saturated carbocycles. The van der Waals surface area contributed by atoms with Crippen molar-refractivity contribution in [3.8, 4) is 0 Å². The Kier molecular flexibility index (Phi) is 6.52. The number of carbonyl (C=O) groups excluding carboxylic acids is 2. The first-order valence-corrected chi connectivity index (χ1v) is 10.5. The SMILES string of the molecule is CNc1nnc(CCCCc2nnc(NC(=O)CC3OC(C)(C)OC3=O)s2)s1. The maximum Gasteiger partial charge on any atom is 0.338 e. The molecule has 1 unspecified atom stereocenters. The molecular weight excluding hydrogens is 404 g/mol. The van der Waals surface area contributed by atoms with E-state index in [1.807, 2.05) is 7.05 Å². The number of amides is 1. The Morgan fingerprint density at radius 2 is 1.68 bits per heavy atom. The smallest absolute Gasteiger partial charge is 0.338 e. The van der Waals surface area contributed by atoms with Crippen LogP contribution in [0.5, 0.6) is 0 Å². The number of anilines is 2. The van der Waals surface area contributed by atoms with Crippen molar-refractivity contribution in [2.24, 2.45) is 0 Å². The van der Waals surface area contributed by atoms with Crippen LogP contribution in [0.2, 0.25) is 0 Å². The molecule has 3 heterocycles. The lowest BCUT2D eigenvalue weighted by molar-refractivity contribution is -0.160. The number of hydrogen-bond donors (Lipinski definition) is 2. The molecule has 0 radical (unpaired) electrons. The topological polar surface area (TPSA) is 128 Å². The Labute approximate surface area is 170 Å². The minimum atomic E-state index is -0.999. The summed E-state index contributed by atoms with van der Waals surface area (Å²) >= 11 is 2.88. The number of cyclic esters (lactones) is 1. The molecule has 2 aromatic rings. The zero-order chi connectivity index (χ0) is 20.1. The number of aryl methyl sites for hydroxylation is 2. The summed E-state index contributed by atoms with van der Waals surface area (Å²) in [5, 5.41) is 24.9. The average molecular weight is 427 g/mol. The van der Waals surface area contributed by atoms with Gasteiger partial charge >= 0.3 is 5.97 Å². The second kappa shape index (κ2) is 8.88. The summed E-state index contributed by atoms with van der Waals surface area (Å²) in [6.45, 7) is 3.26. The number of nitrogens with one attached hydrogen (secondary N) is 2. The van der Waals surface area contributed by atoms with E-state index in [2.05, 4.69) is 31.0 Å². The van der Waals surface area contributed by atoms with E-state index in [9.17, 15) is 9.59 Å². The number of hydrogen-bond acceptors (Lipinski definition) is 11. The summed E-state index contributed by atoms with van der Waals surface area (Å²) < 4.78 is 10.4. The second-order valence-electron chi connectivity index (χ2n) is 6.64. The number of unbranched alkanes of at least 4 members (excludes halogenated alkanes) is 1. The molecule has 28 heavy (non-hydrogen) atoms. The minimum absolute atomic E-state index is 0.117. The summed E-state index contributed by atoms with van der Waals surface area (Å²) in [4.78, 5) is 23.8. The van der Waals surface area contributed by atoms with Gasteiger partial charge in [0.25, 0.3) is 0 Å². The molecular formula is C16H22N6O4S2. The van der Waals surface area contributed by atoms with Crippen LogP contribution >= 0.6 is 22.7 Å². The molecule has 10 nitrogen and oxygen atoms in total. The van der Waals surface area contributed by atoms with Crippen LogP contribution in [-0.4, -0.2) is 51.2 Å². The molecule has 12 heteroatoms. The van der Waals surface area contributed by atoms with Gasteiger partial charge in [0, 0.05) is 33.7 Å². The first-order valence-electron chi connectivity index (χ1n) is 8.87. The van der Waals surface area contributed by atoms with Crippen LogP contribution in [0, 0.1) is 0 Å². The zero-order valence-corrected chi connectivity index (χ0v) is 17.5. The Balaban J connectivity index is 1.39. The van der Waals surface area contributed by atoms with Crippen LogP contribution in [0.15, 0.2) is 0 Å². The lowest BCUT2D eigenvalue weighted by Crippen LogP contribution is -2.26. The van der Waals surface area contributed by atoms with Crippen LogP contribution in [0.1, 0.15) is 43.1 Å². The second-order valence-corrected chi connectivity index (χ2v) is 8.76. The third kappa shape index (κ3) is 5.66. The van der Waals surface area contributed by atoms with Gasteiger partial charge in [0.15, 0.2) is 6.10 Å². The molecule has 1 atom stereocenters. The van der Waals surface area contributed by atoms with Crippen molar-refractivity contribution >= 4 is 44.8 Å². The van der Waals surface area contributed by atoms with Crippen LogP contribution < -0.4 is 10.6 Å². The van der Waals surface area contributed by atoms with Crippen molar-refractivity contribution in [2.45, 2.75) is 57.8 Å². The van der Waals surface area contributed by atoms with Gasteiger partial charge in [-0.2, -0.15) is 0 Å². The molecule has 1 saturated heterocycles. The van der Waals surface area contributed by atoms with E-state index in [1.165, 1.54) is 11.3 Å². The number of rotatable bonds is 9. The third-order valence-corrected chi connectivity index (χ3v) is 5.73. The zero-order valence-electron chi connectivity index (χ0n) is 15.9. The standard InChI is InChI=1S/C16H22N6O4S2/c1-16(2)25-9(13(24)26-16)8-10(23)18-15-22-20-12(28-15)7-5-4-6-11-19-21-14(17-3)27-11/h9H,4-8H2,1-3H3,(H,17,21)(H,18,22,23). The predicted molar refractivity (Wildman–Crippen MR) is 104 cm³/mol. The molecule has 0 aliphatic carbocycles. The van der Waals surface area contributed by atoms with E-state index in [1.54, 1.807) is 25.2 Å². The molecule has 2 aromatic heterocycles. The number of esters is 1. The molecule has 1 amide bonds. The number of carbonyl (C=O) groups is 2. The van der Waals surface area contributed by atoms with Crippen molar-refractivity contribution in [2.75, 3.05) is 17.7 Å². The van der Waals surface area contributed by atoms with E-state index in [0.29, 0.717) is 5.13 Å². The molecule has 1 aliphatic rings.